The van der Waals surface area contributed by atoms with Crippen LogP contribution in [0.2, 0.25) is 0 Å². The summed E-state index contributed by atoms with van der Waals surface area (Å²) in [5.74, 6) is 0. The molecule has 0 heterocycles. The minimum atomic E-state index is -0.674. The molecule has 0 bridgehead atoms. The van der Waals surface area contributed by atoms with Crippen LogP contribution in [0.5, 0.6) is 0 Å². The first-order valence-electron chi connectivity index (χ1n) is 5.25. The second kappa shape index (κ2) is 11.9. The van der Waals surface area contributed by atoms with E-state index >= 15 is 0 Å². The summed E-state index contributed by atoms with van der Waals surface area (Å²) in [7, 11) is 1.64. The van der Waals surface area contributed by atoms with Crippen LogP contribution in [0.15, 0.2) is 0 Å². The Kier molecular flexibility index (Phi) is 11.7. The number of hydrogen-bond donors (Lipinski definition) is 1. The van der Waals surface area contributed by atoms with E-state index in [0.717, 1.165) is 0 Å². The molecule has 15 heavy (non-hydrogen) atoms. The fraction of sp³-hybridized carbons (Fsp3) is 1.00. The molecule has 5 nitrogen and oxygen atoms in total. The van der Waals surface area contributed by atoms with Gasteiger partial charge in [0.25, 0.3) is 0 Å². The topological polar surface area (TPSA) is 57.2 Å². The number of aliphatic hydroxyl groups excluding tert-OH is 1. The van der Waals surface area contributed by atoms with Gasteiger partial charge in [0.1, 0.15) is 0 Å². The molecule has 0 amide bonds. The van der Waals surface area contributed by atoms with Crippen molar-refractivity contribution in [1.29, 1.82) is 0 Å². The summed E-state index contributed by atoms with van der Waals surface area (Å²) in [5.41, 5.74) is 0. The average molecular weight is 222 g/mol. The van der Waals surface area contributed by atoms with Crippen LogP contribution in [0.4, 0.5) is 0 Å². The SMILES string of the molecule is CC[C@@H](O)OCCOCCOCCOC. The Morgan fingerprint density at radius 3 is 2.00 bits per heavy atom. The Balaban J connectivity index is 2.92. The summed E-state index contributed by atoms with van der Waals surface area (Å²) in [5, 5.41) is 9.04. The smallest absolute Gasteiger partial charge is 0.154 e. The molecule has 0 aromatic carbocycles. The first-order valence-corrected chi connectivity index (χ1v) is 5.25. The van der Waals surface area contributed by atoms with Gasteiger partial charge in [0.15, 0.2) is 6.29 Å². The fourth-order valence-corrected chi connectivity index (χ4v) is 0.825. The summed E-state index contributed by atoms with van der Waals surface area (Å²) >= 11 is 0. The van der Waals surface area contributed by atoms with Crippen LogP contribution >= 0.6 is 0 Å². The number of rotatable bonds is 11. The van der Waals surface area contributed by atoms with E-state index in [1.165, 1.54) is 0 Å². The molecule has 0 rings (SSSR count). The van der Waals surface area contributed by atoms with Crippen molar-refractivity contribution in [3.63, 3.8) is 0 Å². The van der Waals surface area contributed by atoms with Crippen molar-refractivity contribution >= 4 is 0 Å². The van der Waals surface area contributed by atoms with Crippen LogP contribution < -0.4 is 0 Å². The number of aliphatic hydroxyl groups is 1. The largest absolute Gasteiger partial charge is 0.382 e. The monoisotopic (exact) mass is 222 g/mol. The maximum absolute atomic E-state index is 9.04. The van der Waals surface area contributed by atoms with Gasteiger partial charge < -0.3 is 24.1 Å². The van der Waals surface area contributed by atoms with Crippen LogP contribution in [0, 0.1) is 0 Å². The molecule has 92 valence electrons. The summed E-state index contributed by atoms with van der Waals surface area (Å²) in [6.45, 7) is 5.03. The first kappa shape index (κ1) is 14.8. The zero-order valence-electron chi connectivity index (χ0n) is 9.61. The lowest BCUT2D eigenvalue weighted by Gasteiger charge is -2.09. The highest BCUT2D eigenvalue weighted by Crippen LogP contribution is 1.91. The Hall–Kier alpha value is -0.200. The fourth-order valence-electron chi connectivity index (χ4n) is 0.825. The van der Waals surface area contributed by atoms with Crippen molar-refractivity contribution in [2.45, 2.75) is 19.6 Å². The van der Waals surface area contributed by atoms with E-state index in [9.17, 15) is 0 Å². The highest BCUT2D eigenvalue weighted by molar-refractivity contribution is 4.36. The Morgan fingerprint density at radius 1 is 0.933 bits per heavy atom. The van der Waals surface area contributed by atoms with Gasteiger partial charge in [-0.25, -0.2) is 0 Å². The summed E-state index contributed by atoms with van der Waals surface area (Å²) < 4.78 is 20.2. The molecular formula is C10H22O5. The van der Waals surface area contributed by atoms with Gasteiger partial charge in [-0.3, -0.25) is 0 Å². The second-order valence-corrected chi connectivity index (χ2v) is 2.95. The van der Waals surface area contributed by atoms with Gasteiger partial charge in [-0.15, -0.1) is 0 Å². The van der Waals surface area contributed by atoms with Crippen LogP contribution in [0.25, 0.3) is 0 Å². The summed E-state index contributed by atoms with van der Waals surface area (Å²) in [6.07, 6.45) is -0.0771. The van der Waals surface area contributed by atoms with Crippen molar-refractivity contribution in [1.82, 2.24) is 0 Å². The molecule has 1 N–H and O–H groups in total. The molecule has 5 heteroatoms. The molecular weight excluding hydrogens is 200 g/mol. The zero-order valence-corrected chi connectivity index (χ0v) is 9.61. The quantitative estimate of drug-likeness (QED) is 0.405. The van der Waals surface area contributed by atoms with E-state index in [2.05, 4.69) is 0 Å². The lowest BCUT2D eigenvalue weighted by atomic mass is 10.5. The van der Waals surface area contributed by atoms with Gasteiger partial charge in [0.05, 0.1) is 39.6 Å². The van der Waals surface area contributed by atoms with Crippen LogP contribution in [0.3, 0.4) is 0 Å². The predicted octanol–water partition coefficient (Wildman–Crippen LogP) is 0.411. The molecule has 0 aliphatic rings. The molecule has 0 aromatic heterocycles. The predicted molar refractivity (Wildman–Crippen MR) is 55.8 cm³/mol. The molecule has 0 saturated heterocycles. The number of hydrogen-bond acceptors (Lipinski definition) is 5. The van der Waals surface area contributed by atoms with E-state index in [0.29, 0.717) is 46.1 Å². The third kappa shape index (κ3) is 11.7. The van der Waals surface area contributed by atoms with Gasteiger partial charge in [0, 0.05) is 7.11 Å². The third-order valence-corrected chi connectivity index (χ3v) is 1.69. The molecule has 1 atom stereocenters. The lowest BCUT2D eigenvalue weighted by molar-refractivity contribution is -0.114. The molecule has 0 aliphatic heterocycles. The van der Waals surface area contributed by atoms with Gasteiger partial charge in [-0.2, -0.15) is 0 Å². The van der Waals surface area contributed by atoms with E-state index < -0.39 is 6.29 Å². The minimum absolute atomic E-state index is 0.410. The number of ether oxygens (including phenoxy) is 4. The molecule has 0 aliphatic carbocycles. The van der Waals surface area contributed by atoms with E-state index in [-0.39, 0.29) is 0 Å². The number of methoxy groups -OCH3 is 1. The Morgan fingerprint density at radius 2 is 1.47 bits per heavy atom. The molecule has 0 saturated carbocycles. The Bertz CT molecular complexity index is 120. The van der Waals surface area contributed by atoms with Crippen molar-refractivity contribution in [2.24, 2.45) is 0 Å². The highest BCUT2D eigenvalue weighted by Gasteiger charge is 1.98. The van der Waals surface area contributed by atoms with E-state index in [1.807, 2.05) is 6.92 Å². The minimum Gasteiger partial charge on any atom is -0.382 e. The van der Waals surface area contributed by atoms with Gasteiger partial charge in [-0.05, 0) is 6.42 Å². The second-order valence-electron chi connectivity index (χ2n) is 2.95. The average Bonchev–Trinajstić information content (AvgIpc) is 2.26. The molecule has 0 aromatic rings. The standard InChI is InChI=1S/C10H22O5/c1-3-10(11)15-9-8-14-7-6-13-5-4-12-2/h10-11H,3-9H2,1-2H3/t10-/m0/s1. The normalized spacial score (nSPS) is 13.0. The molecule has 0 spiro atoms. The zero-order chi connectivity index (χ0) is 11.4. The van der Waals surface area contributed by atoms with Gasteiger partial charge in [0.2, 0.25) is 0 Å². The van der Waals surface area contributed by atoms with E-state index in [1.54, 1.807) is 7.11 Å². The lowest BCUT2D eigenvalue weighted by Crippen LogP contribution is -2.16. The first-order chi connectivity index (χ1) is 7.31. The molecule has 0 fully saturated rings. The summed E-state index contributed by atoms with van der Waals surface area (Å²) in [4.78, 5) is 0. The van der Waals surface area contributed by atoms with Crippen molar-refractivity contribution < 1.29 is 24.1 Å². The molecule has 0 unspecified atom stereocenters. The van der Waals surface area contributed by atoms with E-state index in [4.69, 9.17) is 24.1 Å². The van der Waals surface area contributed by atoms with Crippen molar-refractivity contribution in [3.8, 4) is 0 Å². The summed E-state index contributed by atoms with van der Waals surface area (Å²) in [6, 6.07) is 0. The third-order valence-electron chi connectivity index (χ3n) is 1.69. The Labute approximate surface area is 91.3 Å². The maximum atomic E-state index is 9.04. The van der Waals surface area contributed by atoms with Crippen LogP contribution in [0.1, 0.15) is 13.3 Å². The van der Waals surface area contributed by atoms with Crippen molar-refractivity contribution in [3.05, 3.63) is 0 Å². The maximum Gasteiger partial charge on any atom is 0.154 e. The van der Waals surface area contributed by atoms with Crippen molar-refractivity contribution in [2.75, 3.05) is 46.8 Å². The highest BCUT2D eigenvalue weighted by atomic mass is 16.6. The van der Waals surface area contributed by atoms with Gasteiger partial charge in [-0.1, -0.05) is 6.92 Å². The van der Waals surface area contributed by atoms with Crippen LogP contribution in [-0.4, -0.2) is 58.1 Å². The van der Waals surface area contributed by atoms with Gasteiger partial charge >= 0.3 is 0 Å². The van der Waals surface area contributed by atoms with Crippen LogP contribution in [-0.2, 0) is 18.9 Å². The molecule has 0 radical (unpaired) electrons.